The van der Waals surface area contributed by atoms with Crippen LogP contribution in [0.5, 0.6) is 0 Å². The van der Waals surface area contributed by atoms with Crippen molar-refractivity contribution in [2.45, 2.75) is 38.9 Å². The Balaban J connectivity index is 3.80. The first kappa shape index (κ1) is 16.8. The molecule has 17 heavy (non-hydrogen) atoms. The second-order valence-electron chi connectivity index (χ2n) is 5.29. The monoisotopic (exact) mass is 248 g/mol. The van der Waals surface area contributed by atoms with E-state index in [2.05, 4.69) is 0 Å². The first-order valence-electron chi connectivity index (χ1n) is 6.09. The predicted octanol–water partition coefficient (Wildman–Crippen LogP) is 0.511. The average Bonchev–Trinajstić information content (AvgIpc) is 2.23. The normalized spacial score (nSPS) is 13.1. The summed E-state index contributed by atoms with van der Waals surface area (Å²) in [5.41, 5.74) is 10.1. The van der Waals surface area contributed by atoms with Crippen molar-refractivity contribution in [3.8, 4) is 0 Å². The Hall–Kier alpha value is -0.200. The maximum atomic E-state index is 5.63. The maximum Gasteiger partial charge on any atom is 0.0859 e. The van der Waals surface area contributed by atoms with Crippen LogP contribution in [0.4, 0.5) is 0 Å². The fraction of sp³-hybridized carbons (Fsp3) is 1.00. The molecule has 0 aromatic carbocycles. The minimum atomic E-state index is -0.316. The van der Waals surface area contributed by atoms with E-state index in [9.17, 15) is 0 Å². The Morgan fingerprint density at radius 2 is 1.12 bits per heavy atom. The highest BCUT2D eigenvalue weighted by Crippen LogP contribution is 2.13. The molecule has 0 atom stereocenters. The van der Waals surface area contributed by atoms with Gasteiger partial charge >= 0.3 is 0 Å². The van der Waals surface area contributed by atoms with E-state index >= 15 is 0 Å². The summed E-state index contributed by atoms with van der Waals surface area (Å²) in [7, 11) is 0. The molecule has 0 saturated heterocycles. The van der Waals surface area contributed by atoms with Gasteiger partial charge in [0.15, 0.2) is 0 Å². The highest BCUT2D eigenvalue weighted by Gasteiger charge is 2.22. The molecule has 0 aromatic rings. The molecule has 0 spiro atoms. The molecule has 0 unspecified atom stereocenters. The Bertz CT molecular complexity index is 176. The molecular weight excluding hydrogens is 220 g/mol. The number of hydrogen-bond donors (Lipinski definition) is 2. The van der Waals surface area contributed by atoms with Gasteiger partial charge in [0, 0.05) is 13.1 Å². The molecule has 0 fully saturated rings. The standard InChI is InChI=1S/C12H28N2O3/c1-11(2,16-7-5-13)9-15-10-12(3,4)17-8-6-14/h5-10,13-14H2,1-4H3. The van der Waals surface area contributed by atoms with E-state index in [0.717, 1.165) is 0 Å². The molecule has 0 saturated carbocycles. The van der Waals surface area contributed by atoms with Crippen LogP contribution in [0, 0.1) is 0 Å². The van der Waals surface area contributed by atoms with Gasteiger partial charge < -0.3 is 25.7 Å². The highest BCUT2D eigenvalue weighted by molar-refractivity contribution is 4.71. The van der Waals surface area contributed by atoms with E-state index in [1.165, 1.54) is 0 Å². The molecule has 4 N–H and O–H groups in total. The van der Waals surface area contributed by atoms with Crippen molar-refractivity contribution < 1.29 is 14.2 Å². The Morgan fingerprint density at radius 3 is 1.41 bits per heavy atom. The predicted molar refractivity (Wildman–Crippen MR) is 69.0 cm³/mol. The summed E-state index contributed by atoms with van der Waals surface area (Å²) in [5.74, 6) is 0. The van der Waals surface area contributed by atoms with E-state index in [1.807, 2.05) is 27.7 Å². The summed E-state index contributed by atoms with van der Waals surface area (Å²) >= 11 is 0. The average molecular weight is 248 g/mol. The summed E-state index contributed by atoms with van der Waals surface area (Å²) in [4.78, 5) is 0. The van der Waals surface area contributed by atoms with Gasteiger partial charge in [0.2, 0.25) is 0 Å². The number of nitrogens with two attached hydrogens (primary N) is 2. The maximum absolute atomic E-state index is 5.63. The van der Waals surface area contributed by atoms with Gasteiger partial charge in [-0.1, -0.05) is 0 Å². The van der Waals surface area contributed by atoms with Gasteiger partial charge in [-0.15, -0.1) is 0 Å². The van der Waals surface area contributed by atoms with Crippen molar-refractivity contribution >= 4 is 0 Å². The van der Waals surface area contributed by atoms with Crippen molar-refractivity contribution in [3.05, 3.63) is 0 Å². The summed E-state index contributed by atoms with van der Waals surface area (Å²) < 4.78 is 16.8. The molecule has 5 heteroatoms. The van der Waals surface area contributed by atoms with Gasteiger partial charge in [0.1, 0.15) is 0 Å². The van der Waals surface area contributed by atoms with Crippen molar-refractivity contribution in [2.75, 3.05) is 39.5 Å². The zero-order valence-electron chi connectivity index (χ0n) is 11.6. The lowest BCUT2D eigenvalue weighted by Crippen LogP contribution is -2.38. The third kappa shape index (κ3) is 9.50. The van der Waals surface area contributed by atoms with E-state index in [1.54, 1.807) is 0 Å². The molecule has 0 aliphatic rings. The van der Waals surface area contributed by atoms with Crippen molar-refractivity contribution in [3.63, 3.8) is 0 Å². The van der Waals surface area contributed by atoms with Crippen LogP contribution in [0.2, 0.25) is 0 Å². The quantitative estimate of drug-likeness (QED) is 0.589. The third-order valence-corrected chi connectivity index (χ3v) is 2.12. The second kappa shape index (κ2) is 8.00. The number of rotatable bonds is 10. The molecule has 0 rings (SSSR count). The molecule has 0 radical (unpaired) electrons. The second-order valence-corrected chi connectivity index (χ2v) is 5.29. The van der Waals surface area contributed by atoms with E-state index in [0.29, 0.717) is 39.5 Å². The molecule has 0 aliphatic heterocycles. The molecule has 0 amide bonds. The number of hydrogen-bond acceptors (Lipinski definition) is 5. The van der Waals surface area contributed by atoms with Gasteiger partial charge in [-0.05, 0) is 27.7 Å². The van der Waals surface area contributed by atoms with E-state index < -0.39 is 0 Å². The lowest BCUT2D eigenvalue weighted by molar-refractivity contribution is -0.116. The third-order valence-electron chi connectivity index (χ3n) is 2.12. The van der Waals surface area contributed by atoms with Crippen LogP contribution in [0.1, 0.15) is 27.7 Å². The summed E-state index contributed by atoms with van der Waals surface area (Å²) in [6.45, 7) is 11.1. The topological polar surface area (TPSA) is 79.7 Å². The van der Waals surface area contributed by atoms with Crippen LogP contribution in [0.15, 0.2) is 0 Å². The molecule has 104 valence electrons. The molecule has 0 aliphatic carbocycles. The summed E-state index contributed by atoms with van der Waals surface area (Å²) in [6, 6.07) is 0. The van der Waals surface area contributed by atoms with Crippen molar-refractivity contribution in [2.24, 2.45) is 11.5 Å². The fourth-order valence-corrected chi connectivity index (χ4v) is 1.30. The van der Waals surface area contributed by atoms with E-state index in [4.69, 9.17) is 25.7 Å². The molecule has 0 aromatic heterocycles. The van der Waals surface area contributed by atoms with Crippen LogP contribution in [-0.2, 0) is 14.2 Å². The summed E-state index contributed by atoms with van der Waals surface area (Å²) in [6.07, 6.45) is 0. The molecular formula is C12H28N2O3. The lowest BCUT2D eigenvalue weighted by Gasteiger charge is -2.29. The lowest BCUT2D eigenvalue weighted by atomic mass is 10.1. The minimum absolute atomic E-state index is 0.316. The summed E-state index contributed by atoms with van der Waals surface area (Å²) in [5, 5.41) is 0. The van der Waals surface area contributed by atoms with Crippen LogP contribution < -0.4 is 11.5 Å². The first-order chi connectivity index (χ1) is 7.83. The first-order valence-corrected chi connectivity index (χ1v) is 6.09. The van der Waals surface area contributed by atoms with Crippen LogP contribution in [0.25, 0.3) is 0 Å². The number of ether oxygens (including phenoxy) is 3. The van der Waals surface area contributed by atoms with Gasteiger partial charge in [0.25, 0.3) is 0 Å². The zero-order chi connectivity index (χ0) is 13.4. The molecule has 0 bridgehead atoms. The molecule has 0 heterocycles. The Labute approximate surface area is 105 Å². The Kier molecular flexibility index (Phi) is 7.91. The zero-order valence-corrected chi connectivity index (χ0v) is 11.6. The molecule has 5 nitrogen and oxygen atoms in total. The van der Waals surface area contributed by atoms with Crippen molar-refractivity contribution in [1.82, 2.24) is 0 Å². The van der Waals surface area contributed by atoms with E-state index in [-0.39, 0.29) is 11.2 Å². The van der Waals surface area contributed by atoms with Crippen LogP contribution >= 0.6 is 0 Å². The van der Waals surface area contributed by atoms with Gasteiger partial charge in [-0.3, -0.25) is 0 Å². The van der Waals surface area contributed by atoms with Crippen LogP contribution in [-0.4, -0.2) is 50.7 Å². The SMILES string of the molecule is CC(C)(COCC(C)(C)OCCN)OCCN. The highest BCUT2D eigenvalue weighted by atomic mass is 16.6. The van der Waals surface area contributed by atoms with Crippen molar-refractivity contribution in [1.29, 1.82) is 0 Å². The largest absolute Gasteiger partial charge is 0.376 e. The smallest absolute Gasteiger partial charge is 0.0859 e. The van der Waals surface area contributed by atoms with Gasteiger partial charge in [-0.25, -0.2) is 0 Å². The van der Waals surface area contributed by atoms with Crippen LogP contribution in [0.3, 0.4) is 0 Å². The van der Waals surface area contributed by atoms with Gasteiger partial charge in [0.05, 0.1) is 37.6 Å². The minimum Gasteiger partial charge on any atom is -0.376 e. The fourth-order valence-electron chi connectivity index (χ4n) is 1.30. The Morgan fingerprint density at radius 1 is 0.765 bits per heavy atom. The van der Waals surface area contributed by atoms with Gasteiger partial charge in [-0.2, -0.15) is 0 Å².